The van der Waals surface area contributed by atoms with Crippen molar-refractivity contribution >= 4 is 34.5 Å². The maximum absolute atomic E-state index is 11.6. The van der Waals surface area contributed by atoms with Gasteiger partial charge in [0.2, 0.25) is 11.6 Å². The minimum absolute atomic E-state index is 0.206. The number of Topliss-reactive ketones (excluding diaryl/α,β-unsaturated/α-hetero) is 2. The van der Waals surface area contributed by atoms with E-state index in [0.717, 1.165) is 21.9 Å². The molecule has 0 aliphatic heterocycles. The number of hydrogen-bond acceptors (Lipinski definition) is 4. The third kappa shape index (κ3) is 1.54. The smallest absolute Gasteiger partial charge is 0.226 e. The van der Waals surface area contributed by atoms with Crippen LogP contribution >= 0.6 is 0 Å². The Labute approximate surface area is 114 Å². The van der Waals surface area contributed by atoms with Crippen molar-refractivity contribution in [2.24, 2.45) is 0 Å². The number of aryl methyl sites for hydroxylation is 2. The van der Waals surface area contributed by atoms with E-state index < -0.39 is 11.6 Å². The molecular weight excluding hydrogens is 256 g/mol. The second kappa shape index (κ2) is 3.93. The molecule has 0 spiro atoms. The molecule has 2 aromatic rings. The Balaban J connectivity index is 2.64. The molecule has 100 valence electrons. The van der Waals surface area contributed by atoms with Gasteiger partial charge in [-0.1, -0.05) is 0 Å². The highest BCUT2D eigenvalue weighted by atomic mass is 16.3. The maximum atomic E-state index is 11.6. The summed E-state index contributed by atoms with van der Waals surface area (Å²) in [6.07, 6.45) is 2.67. The van der Waals surface area contributed by atoms with E-state index >= 15 is 0 Å². The maximum Gasteiger partial charge on any atom is 0.226 e. The Hall–Kier alpha value is -2.62. The lowest BCUT2D eigenvalue weighted by Crippen LogP contribution is -2.37. The normalized spacial score (nSPS) is 13.9. The molecule has 0 heterocycles. The minimum Gasteiger partial charge on any atom is -0.504 e. The molecule has 0 unspecified atom stereocenters. The quantitative estimate of drug-likeness (QED) is 0.541. The number of fused-ring (bicyclic) bond motifs is 2. The molecule has 3 rings (SSSR count). The van der Waals surface area contributed by atoms with E-state index in [0.29, 0.717) is 10.4 Å². The predicted molar refractivity (Wildman–Crippen MR) is 74.9 cm³/mol. The number of phenols is 2. The second-order valence-corrected chi connectivity index (χ2v) is 4.98. The Morgan fingerprint density at radius 3 is 1.45 bits per heavy atom. The molecule has 0 atom stereocenters. The molecular formula is C16H12O4. The van der Waals surface area contributed by atoms with Crippen LogP contribution < -0.4 is 10.4 Å². The zero-order chi connectivity index (χ0) is 14.6. The number of ketones is 2. The van der Waals surface area contributed by atoms with Crippen LogP contribution in [0.3, 0.4) is 0 Å². The van der Waals surface area contributed by atoms with Gasteiger partial charge in [-0.05, 0) is 70.5 Å². The fourth-order valence-corrected chi connectivity index (χ4v) is 2.67. The van der Waals surface area contributed by atoms with Crippen LogP contribution in [0.4, 0.5) is 0 Å². The Morgan fingerprint density at radius 2 is 1.10 bits per heavy atom. The van der Waals surface area contributed by atoms with Crippen molar-refractivity contribution < 1.29 is 19.8 Å². The van der Waals surface area contributed by atoms with E-state index in [2.05, 4.69) is 0 Å². The number of carbonyl (C=O) groups is 2. The summed E-state index contributed by atoms with van der Waals surface area (Å²) in [6.45, 7) is 3.65. The molecule has 0 fully saturated rings. The Bertz CT molecular complexity index is 844. The minimum atomic E-state index is -0.539. The number of hydrogen-bond donors (Lipinski definition) is 2. The lowest BCUT2D eigenvalue weighted by Gasteiger charge is -2.12. The van der Waals surface area contributed by atoms with Crippen molar-refractivity contribution in [3.05, 3.63) is 33.7 Å². The first-order valence-corrected chi connectivity index (χ1v) is 6.16. The molecule has 0 saturated carbocycles. The van der Waals surface area contributed by atoms with Gasteiger partial charge in [-0.25, -0.2) is 0 Å². The highest BCUT2D eigenvalue weighted by Gasteiger charge is 2.17. The van der Waals surface area contributed by atoms with Crippen LogP contribution in [0, 0.1) is 13.8 Å². The average molecular weight is 268 g/mol. The summed E-state index contributed by atoms with van der Waals surface area (Å²) < 4.78 is 0. The first-order chi connectivity index (χ1) is 9.40. The molecule has 0 amide bonds. The molecule has 4 nitrogen and oxygen atoms in total. The first-order valence-electron chi connectivity index (χ1n) is 6.16. The molecule has 4 heteroatoms. The van der Waals surface area contributed by atoms with Gasteiger partial charge in [0.15, 0.2) is 11.5 Å². The van der Waals surface area contributed by atoms with Crippen LogP contribution in [0.15, 0.2) is 12.1 Å². The standard InChI is InChI=1S/C16H12O4/c1-7-9-3-13(17)15(19)5-11(9)8(2)12-6-16(20)14(18)4-10(7)12/h3-6,17,19H,1-2H3. The number of benzene rings is 2. The van der Waals surface area contributed by atoms with Crippen LogP contribution in [0.25, 0.3) is 22.9 Å². The van der Waals surface area contributed by atoms with Crippen LogP contribution in [0.2, 0.25) is 0 Å². The summed E-state index contributed by atoms with van der Waals surface area (Å²) >= 11 is 0. The van der Waals surface area contributed by atoms with Gasteiger partial charge in [0.05, 0.1) is 0 Å². The lowest BCUT2D eigenvalue weighted by atomic mass is 9.92. The number of phenolic OH excluding ortho intramolecular Hbond substituents is 2. The highest BCUT2D eigenvalue weighted by Crippen LogP contribution is 2.31. The van der Waals surface area contributed by atoms with E-state index in [-0.39, 0.29) is 11.5 Å². The molecule has 1 aliphatic carbocycles. The van der Waals surface area contributed by atoms with Gasteiger partial charge < -0.3 is 10.2 Å². The zero-order valence-corrected chi connectivity index (χ0v) is 11.0. The van der Waals surface area contributed by atoms with Gasteiger partial charge >= 0.3 is 0 Å². The van der Waals surface area contributed by atoms with E-state index in [1.165, 1.54) is 24.3 Å². The van der Waals surface area contributed by atoms with Crippen molar-refractivity contribution in [1.29, 1.82) is 0 Å². The van der Waals surface area contributed by atoms with Crippen molar-refractivity contribution in [2.75, 3.05) is 0 Å². The molecule has 2 aromatic carbocycles. The molecule has 0 saturated heterocycles. The highest BCUT2D eigenvalue weighted by molar-refractivity contribution is 6.57. The Morgan fingerprint density at radius 1 is 0.750 bits per heavy atom. The topological polar surface area (TPSA) is 74.6 Å². The van der Waals surface area contributed by atoms with Crippen LogP contribution in [0.5, 0.6) is 11.5 Å². The van der Waals surface area contributed by atoms with E-state index in [9.17, 15) is 19.8 Å². The molecule has 1 aliphatic rings. The van der Waals surface area contributed by atoms with Gasteiger partial charge in [-0.3, -0.25) is 9.59 Å². The van der Waals surface area contributed by atoms with Gasteiger partial charge in [0.1, 0.15) is 0 Å². The van der Waals surface area contributed by atoms with Gasteiger partial charge in [-0.2, -0.15) is 0 Å². The van der Waals surface area contributed by atoms with Crippen LogP contribution in [0.1, 0.15) is 11.1 Å². The van der Waals surface area contributed by atoms with Gasteiger partial charge in [0, 0.05) is 0 Å². The number of rotatable bonds is 0. The third-order valence-electron chi connectivity index (χ3n) is 3.81. The van der Waals surface area contributed by atoms with Gasteiger partial charge in [-0.15, -0.1) is 0 Å². The zero-order valence-electron chi connectivity index (χ0n) is 11.0. The van der Waals surface area contributed by atoms with Crippen molar-refractivity contribution in [3.8, 4) is 11.5 Å². The summed E-state index contributed by atoms with van der Waals surface area (Å²) in [6, 6.07) is 2.95. The molecule has 20 heavy (non-hydrogen) atoms. The third-order valence-corrected chi connectivity index (χ3v) is 3.81. The Kier molecular flexibility index (Phi) is 2.44. The largest absolute Gasteiger partial charge is 0.504 e. The van der Waals surface area contributed by atoms with Crippen LogP contribution in [-0.2, 0) is 9.59 Å². The van der Waals surface area contributed by atoms with Crippen molar-refractivity contribution in [3.63, 3.8) is 0 Å². The summed E-state index contributed by atoms with van der Waals surface area (Å²) in [5.41, 5.74) is 1.60. The second-order valence-electron chi connectivity index (χ2n) is 4.98. The lowest BCUT2D eigenvalue weighted by molar-refractivity contribution is -0.129. The SMILES string of the molecule is Cc1c2c(c(C)c3cc(O)c(O)cc13)=CC(=O)C(=O)C=2. The summed E-state index contributed by atoms with van der Waals surface area (Å²) in [4.78, 5) is 23.1. The van der Waals surface area contributed by atoms with Crippen LogP contribution in [-0.4, -0.2) is 21.8 Å². The van der Waals surface area contributed by atoms with E-state index in [1.54, 1.807) is 0 Å². The molecule has 0 aromatic heterocycles. The fraction of sp³-hybridized carbons (Fsp3) is 0.125. The first kappa shape index (κ1) is 12.4. The van der Waals surface area contributed by atoms with Gasteiger partial charge in [0.25, 0.3) is 0 Å². The predicted octanol–water partition coefficient (Wildman–Crippen LogP) is 0.581. The molecule has 0 bridgehead atoms. The number of aromatic hydroxyl groups is 2. The van der Waals surface area contributed by atoms with Crippen molar-refractivity contribution in [1.82, 2.24) is 0 Å². The average Bonchev–Trinajstić information content (AvgIpc) is 2.41. The molecule has 0 radical (unpaired) electrons. The summed E-state index contributed by atoms with van der Waals surface area (Å²) in [7, 11) is 0. The number of carbonyl (C=O) groups excluding carboxylic acids is 2. The monoisotopic (exact) mass is 268 g/mol. The van der Waals surface area contributed by atoms with E-state index in [1.807, 2.05) is 13.8 Å². The van der Waals surface area contributed by atoms with E-state index in [4.69, 9.17) is 0 Å². The fourth-order valence-electron chi connectivity index (χ4n) is 2.67. The summed E-state index contributed by atoms with van der Waals surface area (Å²) in [5, 5.41) is 22.2. The van der Waals surface area contributed by atoms with Crippen molar-refractivity contribution in [2.45, 2.75) is 13.8 Å². The summed E-state index contributed by atoms with van der Waals surface area (Å²) in [5.74, 6) is -1.49. The molecule has 2 N–H and O–H groups in total.